The molecule has 0 aliphatic heterocycles. The summed E-state index contributed by atoms with van der Waals surface area (Å²) in [6.07, 6.45) is 71.3. The third-order valence-corrected chi connectivity index (χ3v) is 15.3. The number of likely N-dealkylation sites (N-methyl/N-ethyl adjacent to an activating group) is 1. The van der Waals surface area contributed by atoms with Crippen LogP contribution in [0, 0.1) is 0 Å². The van der Waals surface area contributed by atoms with Crippen molar-refractivity contribution in [2.45, 2.75) is 321 Å². The zero-order valence-electron chi connectivity index (χ0n) is 48.7. The molecule has 0 bridgehead atoms. The molecule has 3 atom stereocenters. The summed E-state index contributed by atoms with van der Waals surface area (Å²) in [6.45, 7) is 4.84. The molecule has 3 unspecified atom stereocenters. The molecule has 0 spiro atoms. The van der Waals surface area contributed by atoms with E-state index in [0.29, 0.717) is 17.4 Å². The van der Waals surface area contributed by atoms with Gasteiger partial charge in [-0.05, 0) is 57.8 Å². The van der Waals surface area contributed by atoms with E-state index in [1.807, 2.05) is 27.2 Å². The van der Waals surface area contributed by atoms with Gasteiger partial charge in [-0.25, -0.2) is 4.57 Å². The lowest BCUT2D eigenvalue weighted by molar-refractivity contribution is -0.870. The number of nitrogens with one attached hydrogen (secondary N) is 1. The van der Waals surface area contributed by atoms with E-state index in [2.05, 4.69) is 43.5 Å². The summed E-state index contributed by atoms with van der Waals surface area (Å²) in [5.41, 5.74) is 0. The van der Waals surface area contributed by atoms with Crippen LogP contribution in [-0.2, 0) is 18.4 Å². The van der Waals surface area contributed by atoms with E-state index in [4.69, 9.17) is 9.05 Å². The number of carbonyl (C=O) groups is 1. The molecular weight excluding hydrogens is 912 g/mol. The Hall–Kier alpha value is -1.28. The molecule has 0 aliphatic rings. The molecule has 0 radical (unpaired) electrons. The van der Waals surface area contributed by atoms with E-state index < -0.39 is 20.0 Å². The Bertz CT molecular complexity index is 1270. The third kappa shape index (κ3) is 56.4. The highest BCUT2D eigenvalue weighted by atomic mass is 31.2. The maximum atomic E-state index is 13.0. The minimum absolute atomic E-state index is 0.0566. The van der Waals surface area contributed by atoms with E-state index in [9.17, 15) is 19.4 Å². The van der Waals surface area contributed by atoms with Crippen molar-refractivity contribution in [3.05, 3.63) is 36.5 Å². The van der Waals surface area contributed by atoms with Crippen LogP contribution in [-0.4, -0.2) is 73.4 Å². The summed E-state index contributed by atoms with van der Waals surface area (Å²) in [4.78, 5) is 23.3. The number of amides is 1. The van der Waals surface area contributed by atoms with Crippen LogP contribution in [0.15, 0.2) is 36.5 Å². The predicted molar refractivity (Wildman–Crippen MR) is 314 cm³/mol. The average Bonchev–Trinajstić information content (AvgIpc) is 3.34. The van der Waals surface area contributed by atoms with Crippen LogP contribution in [0.3, 0.4) is 0 Å². The van der Waals surface area contributed by atoms with Crippen molar-refractivity contribution in [3.63, 3.8) is 0 Å². The number of phosphoric acid groups is 1. The zero-order valence-corrected chi connectivity index (χ0v) is 49.6. The van der Waals surface area contributed by atoms with E-state index in [0.717, 1.165) is 38.5 Å². The molecule has 3 N–H and O–H groups in total. The molecular formula is C63H124N2O6P+. The quantitative estimate of drug-likeness (QED) is 0.0243. The highest BCUT2D eigenvalue weighted by molar-refractivity contribution is 7.47. The van der Waals surface area contributed by atoms with Crippen LogP contribution >= 0.6 is 7.82 Å². The van der Waals surface area contributed by atoms with Crippen LogP contribution in [0.1, 0.15) is 309 Å². The van der Waals surface area contributed by atoms with Crippen molar-refractivity contribution in [1.82, 2.24) is 5.32 Å². The molecule has 72 heavy (non-hydrogen) atoms. The third-order valence-electron chi connectivity index (χ3n) is 14.3. The highest BCUT2D eigenvalue weighted by Crippen LogP contribution is 2.43. The zero-order chi connectivity index (χ0) is 52.7. The summed E-state index contributed by atoms with van der Waals surface area (Å²) in [6, 6.07) is -0.865. The predicted octanol–water partition coefficient (Wildman–Crippen LogP) is 19.3. The molecule has 0 aromatic carbocycles. The lowest BCUT2D eigenvalue weighted by atomic mass is 10.0. The van der Waals surface area contributed by atoms with E-state index in [-0.39, 0.29) is 19.1 Å². The van der Waals surface area contributed by atoms with Crippen molar-refractivity contribution >= 4 is 13.7 Å². The first-order valence-corrected chi connectivity index (χ1v) is 32.9. The average molecular weight is 1040 g/mol. The number of aliphatic hydroxyl groups excluding tert-OH is 1. The first kappa shape index (κ1) is 70.7. The van der Waals surface area contributed by atoms with E-state index in [1.54, 1.807) is 6.08 Å². The minimum atomic E-state index is -4.36. The topological polar surface area (TPSA) is 105 Å². The Balaban J connectivity index is 4.19. The summed E-state index contributed by atoms with van der Waals surface area (Å²) in [5.74, 6) is -0.185. The van der Waals surface area contributed by atoms with Crippen LogP contribution in [0.5, 0.6) is 0 Å². The van der Waals surface area contributed by atoms with Gasteiger partial charge < -0.3 is 19.8 Å². The van der Waals surface area contributed by atoms with Gasteiger partial charge in [0.25, 0.3) is 0 Å². The van der Waals surface area contributed by atoms with Crippen LogP contribution < -0.4 is 5.32 Å². The molecule has 9 heteroatoms. The number of unbranched alkanes of at least 4 members (excludes halogenated alkanes) is 41. The number of hydrogen-bond donors (Lipinski definition) is 3. The smallest absolute Gasteiger partial charge is 0.387 e. The first-order chi connectivity index (χ1) is 35.0. The Morgan fingerprint density at radius 1 is 0.458 bits per heavy atom. The van der Waals surface area contributed by atoms with Crippen LogP contribution in [0.25, 0.3) is 0 Å². The standard InChI is InChI=1S/C63H123N2O6P/c1-6-8-10-12-14-16-18-20-22-24-26-28-30-32-34-36-38-40-42-44-46-48-50-52-54-56-62(66)61(60-71-72(68,69)70-59-58-65(3,4)5)64-63(67)57-55-53-51-49-47-45-43-41-39-37-35-33-31-29-27-25-23-21-19-17-15-13-11-9-7-2/h33,35,46,48,54,56,61-62,66H,6-32,34,36-45,47,49-53,55,57-60H2,1-5H3,(H-,64,67,68,69)/p+1/b35-33-,48-46+,56-54+. The lowest BCUT2D eigenvalue weighted by Crippen LogP contribution is -2.45. The molecule has 0 aromatic rings. The number of hydrogen-bond acceptors (Lipinski definition) is 5. The van der Waals surface area contributed by atoms with Gasteiger partial charge in [0, 0.05) is 6.42 Å². The summed E-state index contributed by atoms with van der Waals surface area (Å²) >= 11 is 0. The second kappa shape index (κ2) is 54.5. The number of aliphatic hydroxyl groups is 1. The maximum absolute atomic E-state index is 13.0. The van der Waals surface area contributed by atoms with Gasteiger partial charge in [0.05, 0.1) is 39.9 Å². The monoisotopic (exact) mass is 1040 g/mol. The van der Waals surface area contributed by atoms with Crippen molar-refractivity contribution in [2.75, 3.05) is 40.9 Å². The Morgan fingerprint density at radius 2 is 0.764 bits per heavy atom. The van der Waals surface area contributed by atoms with Crippen molar-refractivity contribution in [1.29, 1.82) is 0 Å². The second-order valence-electron chi connectivity index (χ2n) is 22.8. The molecule has 0 fully saturated rings. The van der Waals surface area contributed by atoms with E-state index >= 15 is 0 Å². The number of rotatable bonds is 58. The van der Waals surface area contributed by atoms with Crippen LogP contribution in [0.4, 0.5) is 0 Å². The molecule has 0 aliphatic carbocycles. The van der Waals surface area contributed by atoms with Crippen molar-refractivity contribution < 1.29 is 32.9 Å². The van der Waals surface area contributed by atoms with Gasteiger partial charge in [-0.15, -0.1) is 0 Å². The Morgan fingerprint density at radius 3 is 1.11 bits per heavy atom. The van der Waals surface area contributed by atoms with Gasteiger partial charge in [-0.3, -0.25) is 13.8 Å². The normalized spacial score (nSPS) is 14.0. The number of allylic oxidation sites excluding steroid dienone is 5. The van der Waals surface area contributed by atoms with Crippen molar-refractivity contribution in [2.24, 2.45) is 0 Å². The van der Waals surface area contributed by atoms with Crippen molar-refractivity contribution in [3.8, 4) is 0 Å². The minimum Gasteiger partial charge on any atom is -0.387 e. The molecule has 0 saturated heterocycles. The molecule has 0 saturated carbocycles. The first-order valence-electron chi connectivity index (χ1n) is 31.4. The fourth-order valence-corrected chi connectivity index (χ4v) is 10.1. The Kier molecular flexibility index (Phi) is 53.5. The highest BCUT2D eigenvalue weighted by Gasteiger charge is 2.27. The molecule has 8 nitrogen and oxygen atoms in total. The number of carbonyl (C=O) groups excluding carboxylic acids is 1. The maximum Gasteiger partial charge on any atom is 0.472 e. The molecule has 1 amide bonds. The van der Waals surface area contributed by atoms with Crippen LogP contribution in [0.2, 0.25) is 0 Å². The molecule has 0 rings (SSSR count). The van der Waals surface area contributed by atoms with E-state index in [1.165, 1.54) is 250 Å². The van der Waals surface area contributed by atoms with Gasteiger partial charge in [0.2, 0.25) is 5.91 Å². The van der Waals surface area contributed by atoms with Gasteiger partial charge in [0.1, 0.15) is 13.2 Å². The molecule has 0 aromatic heterocycles. The largest absolute Gasteiger partial charge is 0.472 e. The number of quaternary nitrogens is 1. The molecule has 426 valence electrons. The fourth-order valence-electron chi connectivity index (χ4n) is 9.41. The van der Waals surface area contributed by atoms with Gasteiger partial charge in [0.15, 0.2) is 0 Å². The van der Waals surface area contributed by atoms with Gasteiger partial charge in [-0.2, -0.15) is 0 Å². The van der Waals surface area contributed by atoms with Gasteiger partial charge >= 0.3 is 7.82 Å². The van der Waals surface area contributed by atoms with Gasteiger partial charge in [-0.1, -0.05) is 281 Å². The summed E-state index contributed by atoms with van der Waals surface area (Å²) < 4.78 is 23.7. The lowest BCUT2D eigenvalue weighted by Gasteiger charge is -2.25. The number of nitrogens with zero attached hydrogens (tertiary/aromatic N) is 1. The second-order valence-corrected chi connectivity index (χ2v) is 24.2. The Labute approximate surface area is 448 Å². The summed E-state index contributed by atoms with van der Waals surface area (Å²) in [7, 11) is 1.56. The number of phosphoric ester groups is 1. The fraction of sp³-hybridized carbons (Fsp3) is 0.889. The molecule has 0 heterocycles. The summed E-state index contributed by atoms with van der Waals surface area (Å²) in [5, 5.41) is 14.0. The SMILES string of the molecule is CCCCCCCCCCCCCC/C=C\CCCCCCCCCCCC(=O)NC(COP(=O)(O)OCC[N+](C)(C)C)C(O)/C=C/CC/C=C/CCCCCCCCCCCCCCCCCCCCC.